The van der Waals surface area contributed by atoms with Crippen molar-refractivity contribution < 1.29 is 19.1 Å². The molecule has 6 nitrogen and oxygen atoms in total. The smallest absolute Gasteiger partial charge is 0.412 e. The summed E-state index contributed by atoms with van der Waals surface area (Å²) in [6, 6.07) is 12.7. The summed E-state index contributed by atoms with van der Waals surface area (Å²) in [6.45, 7) is 9.59. The second kappa shape index (κ2) is 8.46. The summed E-state index contributed by atoms with van der Waals surface area (Å²) in [5, 5.41) is 6.14. The number of hydrogen-bond donors (Lipinski definition) is 2. The van der Waals surface area contributed by atoms with Crippen LogP contribution in [-0.4, -0.2) is 30.1 Å². The van der Waals surface area contributed by atoms with Gasteiger partial charge in [-0.1, -0.05) is 18.2 Å². The average molecular weight is 423 g/mol. The van der Waals surface area contributed by atoms with Crippen LogP contribution in [0.4, 0.5) is 10.5 Å². The zero-order chi connectivity index (χ0) is 22.8. The maximum atomic E-state index is 13.1. The van der Waals surface area contributed by atoms with E-state index in [-0.39, 0.29) is 11.3 Å². The number of ether oxygens (including phenoxy) is 2. The Hall–Kier alpha value is -3.28. The van der Waals surface area contributed by atoms with Gasteiger partial charge < -0.3 is 14.8 Å². The summed E-state index contributed by atoms with van der Waals surface area (Å²) in [7, 11) is 1.62. The van der Waals surface area contributed by atoms with Crippen LogP contribution in [0.15, 0.2) is 48.5 Å². The van der Waals surface area contributed by atoms with Crippen LogP contribution in [0.3, 0.4) is 0 Å². The van der Waals surface area contributed by atoms with E-state index in [9.17, 15) is 9.59 Å². The lowest BCUT2D eigenvalue weighted by Gasteiger charge is -2.35. The van der Waals surface area contributed by atoms with Crippen molar-refractivity contribution in [3.63, 3.8) is 0 Å². The fourth-order valence-electron chi connectivity index (χ4n) is 3.54. The normalized spacial score (nSPS) is 16.1. The highest BCUT2D eigenvalue weighted by atomic mass is 16.6. The van der Waals surface area contributed by atoms with E-state index in [4.69, 9.17) is 9.47 Å². The predicted octanol–water partition coefficient (Wildman–Crippen LogP) is 5.19. The van der Waals surface area contributed by atoms with Gasteiger partial charge in [0.15, 0.2) is 5.78 Å². The fraction of sp³-hybridized carbons (Fsp3) is 0.360. The van der Waals surface area contributed by atoms with Crippen molar-refractivity contribution in [3.05, 3.63) is 65.2 Å². The lowest BCUT2D eigenvalue weighted by Crippen LogP contribution is -2.43. The average Bonchev–Trinajstić information content (AvgIpc) is 2.65. The van der Waals surface area contributed by atoms with Gasteiger partial charge in [0.05, 0.1) is 7.11 Å². The minimum absolute atomic E-state index is 0.165. The first kappa shape index (κ1) is 22.4. The highest BCUT2D eigenvalue weighted by Crippen LogP contribution is 2.32. The van der Waals surface area contributed by atoms with Gasteiger partial charge in [0.2, 0.25) is 0 Å². The van der Waals surface area contributed by atoms with E-state index in [0.29, 0.717) is 11.3 Å². The van der Waals surface area contributed by atoms with Crippen molar-refractivity contribution in [2.45, 2.75) is 52.2 Å². The number of amides is 1. The Labute approximate surface area is 183 Å². The molecule has 164 valence electrons. The molecular formula is C25H30N2O4. The molecular weight excluding hydrogens is 392 g/mol. The highest BCUT2D eigenvalue weighted by molar-refractivity contribution is 6.09. The van der Waals surface area contributed by atoms with E-state index in [1.165, 1.54) is 0 Å². The Morgan fingerprint density at radius 2 is 1.87 bits per heavy atom. The van der Waals surface area contributed by atoms with Gasteiger partial charge in [0, 0.05) is 34.1 Å². The summed E-state index contributed by atoms with van der Waals surface area (Å²) in [5.74, 6) is 0.573. The van der Waals surface area contributed by atoms with Crippen molar-refractivity contribution in [3.8, 4) is 5.75 Å². The molecule has 2 aromatic carbocycles. The number of allylic oxidation sites excluding steroid dienone is 1. The summed E-state index contributed by atoms with van der Waals surface area (Å²) in [6.07, 6.45) is 1.88. The lowest BCUT2D eigenvalue weighted by molar-refractivity contribution is 0.0635. The molecule has 0 spiro atoms. The molecule has 1 amide bonds. The van der Waals surface area contributed by atoms with Gasteiger partial charge in [-0.3, -0.25) is 10.1 Å². The van der Waals surface area contributed by atoms with Crippen LogP contribution in [0.25, 0.3) is 5.70 Å². The monoisotopic (exact) mass is 422 g/mol. The van der Waals surface area contributed by atoms with Crippen molar-refractivity contribution in [2.75, 3.05) is 12.4 Å². The van der Waals surface area contributed by atoms with Crippen molar-refractivity contribution in [1.29, 1.82) is 0 Å². The summed E-state index contributed by atoms with van der Waals surface area (Å²) in [5.41, 5.74) is 3.04. The van der Waals surface area contributed by atoms with E-state index >= 15 is 0 Å². The standard InChI is InChI=1S/C25H30N2O4/c1-24(2,3)31-23(29)26-18-9-7-8-16(12-18)22(28)14-21-20-13-19(30-6)11-10-17(20)15-25(4,5)27-21/h7-14,27H,15H2,1-6H3,(H,26,29). The number of carbonyl (C=O) groups is 2. The van der Waals surface area contributed by atoms with E-state index in [1.54, 1.807) is 58.2 Å². The molecule has 0 saturated heterocycles. The molecule has 0 saturated carbocycles. The van der Waals surface area contributed by atoms with Crippen LogP contribution >= 0.6 is 0 Å². The van der Waals surface area contributed by atoms with Gasteiger partial charge in [-0.15, -0.1) is 0 Å². The number of nitrogens with one attached hydrogen (secondary N) is 2. The SMILES string of the molecule is COc1ccc2c(c1)C(=CC(=O)c1cccc(NC(=O)OC(C)(C)C)c1)NC(C)(C)C2. The number of ketones is 1. The molecule has 1 aliphatic rings. The summed E-state index contributed by atoms with van der Waals surface area (Å²) in [4.78, 5) is 25.1. The molecule has 0 fully saturated rings. The number of benzene rings is 2. The van der Waals surface area contributed by atoms with Gasteiger partial charge in [-0.25, -0.2) is 4.79 Å². The zero-order valence-electron chi connectivity index (χ0n) is 19.0. The quantitative estimate of drug-likeness (QED) is 0.524. The second-order valence-corrected chi connectivity index (χ2v) is 9.34. The molecule has 0 atom stereocenters. The maximum absolute atomic E-state index is 13.1. The lowest BCUT2D eigenvalue weighted by atomic mass is 9.85. The summed E-state index contributed by atoms with van der Waals surface area (Å²) >= 11 is 0. The Balaban J connectivity index is 1.88. The van der Waals surface area contributed by atoms with Gasteiger partial charge >= 0.3 is 6.09 Å². The number of hydrogen-bond acceptors (Lipinski definition) is 5. The second-order valence-electron chi connectivity index (χ2n) is 9.34. The van der Waals surface area contributed by atoms with E-state index in [2.05, 4.69) is 24.5 Å². The van der Waals surface area contributed by atoms with Crippen molar-refractivity contribution >= 4 is 23.3 Å². The minimum atomic E-state index is -0.601. The minimum Gasteiger partial charge on any atom is -0.497 e. The van der Waals surface area contributed by atoms with E-state index < -0.39 is 11.7 Å². The molecule has 6 heteroatoms. The highest BCUT2D eigenvalue weighted by Gasteiger charge is 2.28. The first-order valence-corrected chi connectivity index (χ1v) is 10.3. The largest absolute Gasteiger partial charge is 0.497 e. The Bertz CT molecular complexity index is 1030. The van der Waals surface area contributed by atoms with Crippen molar-refractivity contribution in [1.82, 2.24) is 5.32 Å². The Morgan fingerprint density at radius 3 is 2.55 bits per heavy atom. The van der Waals surface area contributed by atoms with Crippen LogP contribution in [0.2, 0.25) is 0 Å². The van der Waals surface area contributed by atoms with Crippen LogP contribution in [0.5, 0.6) is 5.75 Å². The molecule has 0 bridgehead atoms. The van der Waals surface area contributed by atoms with E-state index in [0.717, 1.165) is 29.0 Å². The predicted molar refractivity (Wildman–Crippen MR) is 123 cm³/mol. The maximum Gasteiger partial charge on any atom is 0.412 e. The molecule has 0 aliphatic carbocycles. The first-order valence-electron chi connectivity index (χ1n) is 10.3. The molecule has 0 unspecified atom stereocenters. The van der Waals surface area contributed by atoms with Crippen LogP contribution in [0.1, 0.15) is 56.1 Å². The van der Waals surface area contributed by atoms with Crippen LogP contribution in [-0.2, 0) is 11.2 Å². The van der Waals surface area contributed by atoms with Gasteiger partial charge in [0.25, 0.3) is 0 Å². The number of methoxy groups -OCH3 is 1. The molecule has 0 radical (unpaired) electrons. The molecule has 31 heavy (non-hydrogen) atoms. The molecule has 0 aromatic heterocycles. The fourth-order valence-corrected chi connectivity index (χ4v) is 3.54. The number of anilines is 1. The van der Waals surface area contributed by atoms with Crippen LogP contribution < -0.4 is 15.4 Å². The summed E-state index contributed by atoms with van der Waals surface area (Å²) < 4.78 is 10.6. The molecule has 1 heterocycles. The van der Waals surface area contributed by atoms with Gasteiger partial charge in [0.1, 0.15) is 11.4 Å². The van der Waals surface area contributed by atoms with E-state index in [1.807, 2.05) is 18.2 Å². The number of carbonyl (C=O) groups excluding carboxylic acids is 2. The van der Waals surface area contributed by atoms with Gasteiger partial charge in [-0.05, 0) is 70.9 Å². The Kier molecular flexibility index (Phi) is 6.11. The third kappa shape index (κ3) is 5.87. The molecule has 3 rings (SSSR count). The zero-order valence-corrected chi connectivity index (χ0v) is 19.0. The third-order valence-corrected chi connectivity index (χ3v) is 4.78. The first-order chi connectivity index (χ1) is 14.5. The number of fused-ring (bicyclic) bond motifs is 1. The number of rotatable bonds is 4. The third-order valence-electron chi connectivity index (χ3n) is 4.78. The topological polar surface area (TPSA) is 76.7 Å². The molecule has 1 aliphatic heterocycles. The van der Waals surface area contributed by atoms with Crippen molar-refractivity contribution in [2.24, 2.45) is 0 Å². The van der Waals surface area contributed by atoms with Crippen LogP contribution in [0, 0.1) is 0 Å². The Morgan fingerprint density at radius 1 is 1.13 bits per heavy atom. The molecule has 2 N–H and O–H groups in total. The van der Waals surface area contributed by atoms with Gasteiger partial charge in [-0.2, -0.15) is 0 Å². The molecule has 2 aromatic rings.